The van der Waals surface area contributed by atoms with Crippen molar-refractivity contribution in [1.82, 2.24) is 14.3 Å². The summed E-state index contributed by atoms with van der Waals surface area (Å²) in [5, 5.41) is 3.39. The van der Waals surface area contributed by atoms with E-state index in [2.05, 4.69) is 10.0 Å². The van der Waals surface area contributed by atoms with Crippen LogP contribution < -0.4 is 10.0 Å². The standard InChI is InChI=1S/C13H27N3O3S/c1-12-6-3-4-9-16(12)20(17,18)15-10-13(11-19-2)7-5-8-14-13/h12,14-15H,3-11H2,1-2H3. The summed E-state index contributed by atoms with van der Waals surface area (Å²) < 4.78 is 34.5. The van der Waals surface area contributed by atoms with Crippen LogP contribution in [0.25, 0.3) is 0 Å². The SMILES string of the molecule is COCC1(CNS(=O)(=O)N2CCCCC2C)CCCN1. The van der Waals surface area contributed by atoms with E-state index in [9.17, 15) is 8.42 Å². The summed E-state index contributed by atoms with van der Waals surface area (Å²) in [6.07, 6.45) is 5.02. The summed E-state index contributed by atoms with van der Waals surface area (Å²) in [7, 11) is -1.73. The maximum atomic E-state index is 12.4. The van der Waals surface area contributed by atoms with Crippen LogP contribution in [0.5, 0.6) is 0 Å². The van der Waals surface area contributed by atoms with E-state index in [-0.39, 0.29) is 11.6 Å². The fourth-order valence-electron chi connectivity index (χ4n) is 3.21. The van der Waals surface area contributed by atoms with Crippen molar-refractivity contribution in [3.8, 4) is 0 Å². The number of rotatable bonds is 6. The average Bonchev–Trinajstić information content (AvgIpc) is 2.87. The largest absolute Gasteiger partial charge is 0.383 e. The van der Waals surface area contributed by atoms with Gasteiger partial charge in [-0.3, -0.25) is 0 Å². The molecule has 118 valence electrons. The first-order chi connectivity index (χ1) is 9.49. The van der Waals surface area contributed by atoms with Crippen LogP contribution in [0.2, 0.25) is 0 Å². The van der Waals surface area contributed by atoms with Crippen molar-refractivity contribution in [3.63, 3.8) is 0 Å². The van der Waals surface area contributed by atoms with E-state index in [0.29, 0.717) is 19.7 Å². The van der Waals surface area contributed by atoms with Gasteiger partial charge in [-0.25, -0.2) is 4.72 Å². The highest BCUT2D eigenvalue weighted by molar-refractivity contribution is 7.87. The van der Waals surface area contributed by atoms with Gasteiger partial charge in [0.15, 0.2) is 0 Å². The third kappa shape index (κ3) is 3.71. The Hall–Kier alpha value is -0.210. The molecule has 0 bridgehead atoms. The Morgan fingerprint density at radius 1 is 1.40 bits per heavy atom. The van der Waals surface area contributed by atoms with Gasteiger partial charge < -0.3 is 10.1 Å². The van der Waals surface area contributed by atoms with Crippen LogP contribution >= 0.6 is 0 Å². The molecule has 2 aliphatic rings. The highest BCUT2D eigenvalue weighted by Crippen LogP contribution is 2.22. The quantitative estimate of drug-likeness (QED) is 0.748. The van der Waals surface area contributed by atoms with E-state index in [1.165, 1.54) is 0 Å². The molecule has 0 aromatic heterocycles. The van der Waals surface area contributed by atoms with Gasteiger partial charge in [0, 0.05) is 26.2 Å². The third-order valence-electron chi connectivity index (χ3n) is 4.40. The van der Waals surface area contributed by atoms with Gasteiger partial charge in [-0.15, -0.1) is 0 Å². The number of ether oxygens (including phenoxy) is 1. The molecule has 2 saturated heterocycles. The van der Waals surface area contributed by atoms with E-state index in [1.54, 1.807) is 11.4 Å². The minimum atomic E-state index is -3.39. The van der Waals surface area contributed by atoms with Crippen LogP contribution in [-0.4, -0.2) is 57.7 Å². The minimum Gasteiger partial charge on any atom is -0.383 e. The topological polar surface area (TPSA) is 70.7 Å². The van der Waals surface area contributed by atoms with Crippen LogP contribution in [0.15, 0.2) is 0 Å². The zero-order chi connectivity index (χ0) is 14.6. The molecule has 2 fully saturated rings. The molecule has 0 aromatic carbocycles. The van der Waals surface area contributed by atoms with Gasteiger partial charge in [0.25, 0.3) is 10.2 Å². The number of methoxy groups -OCH3 is 1. The van der Waals surface area contributed by atoms with E-state index < -0.39 is 10.2 Å². The van der Waals surface area contributed by atoms with Gasteiger partial charge in [0.05, 0.1) is 12.1 Å². The number of nitrogens with zero attached hydrogens (tertiary/aromatic N) is 1. The lowest BCUT2D eigenvalue weighted by Gasteiger charge is -2.34. The van der Waals surface area contributed by atoms with Crippen molar-refractivity contribution in [2.75, 3.05) is 33.4 Å². The molecular weight excluding hydrogens is 278 g/mol. The molecule has 0 spiro atoms. The molecule has 2 N–H and O–H groups in total. The Morgan fingerprint density at radius 2 is 2.20 bits per heavy atom. The summed E-state index contributed by atoms with van der Waals surface area (Å²) >= 11 is 0. The number of nitrogens with one attached hydrogen (secondary N) is 2. The molecule has 0 amide bonds. The normalized spacial score (nSPS) is 32.6. The third-order valence-corrected chi connectivity index (χ3v) is 6.07. The van der Waals surface area contributed by atoms with Crippen molar-refractivity contribution in [2.24, 2.45) is 0 Å². The molecule has 2 aliphatic heterocycles. The maximum absolute atomic E-state index is 12.4. The van der Waals surface area contributed by atoms with Crippen LogP contribution in [0, 0.1) is 0 Å². The lowest BCUT2D eigenvalue weighted by molar-refractivity contribution is 0.122. The summed E-state index contributed by atoms with van der Waals surface area (Å²) in [5.41, 5.74) is -0.249. The van der Waals surface area contributed by atoms with E-state index in [4.69, 9.17) is 4.74 Å². The van der Waals surface area contributed by atoms with E-state index in [0.717, 1.165) is 38.6 Å². The van der Waals surface area contributed by atoms with Crippen LogP contribution in [-0.2, 0) is 14.9 Å². The first-order valence-electron chi connectivity index (χ1n) is 7.49. The summed E-state index contributed by atoms with van der Waals surface area (Å²) in [6, 6.07) is 0.0937. The second-order valence-corrected chi connectivity index (χ2v) is 7.73. The Morgan fingerprint density at radius 3 is 2.80 bits per heavy atom. The molecule has 0 aliphatic carbocycles. The lowest BCUT2D eigenvalue weighted by Crippen LogP contribution is -2.56. The maximum Gasteiger partial charge on any atom is 0.279 e. The van der Waals surface area contributed by atoms with Crippen molar-refractivity contribution >= 4 is 10.2 Å². The monoisotopic (exact) mass is 305 g/mol. The van der Waals surface area contributed by atoms with Gasteiger partial charge in [0.1, 0.15) is 0 Å². The van der Waals surface area contributed by atoms with Crippen molar-refractivity contribution in [2.45, 2.75) is 50.6 Å². The fraction of sp³-hybridized carbons (Fsp3) is 1.00. The number of hydrogen-bond donors (Lipinski definition) is 2. The molecule has 2 atom stereocenters. The molecule has 6 nitrogen and oxygen atoms in total. The number of hydrogen-bond acceptors (Lipinski definition) is 4. The summed E-state index contributed by atoms with van der Waals surface area (Å²) in [5.74, 6) is 0. The summed E-state index contributed by atoms with van der Waals surface area (Å²) in [4.78, 5) is 0. The van der Waals surface area contributed by atoms with Crippen molar-refractivity contribution < 1.29 is 13.2 Å². The smallest absolute Gasteiger partial charge is 0.279 e. The second kappa shape index (κ2) is 6.70. The number of piperidine rings is 1. The van der Waals surface area contributed by atoms with Gasteiger partial charge in [-0.05, 0) is 39.2 Å². The molecule has 7 heteroatoms. The highest BCUT2D eigenvalue weighted by Gasteiger charge is 2.36. The van der Waals surface area contributed by atoms with Crippen molar-refractivity contribution in [1.29, 1.82) is 0 Å². The molecule has 2 heterocycles. The Balaban J connectivity index is 1.97. The minimum absolute atomic E-state index is 0.0937. The van der Waals surface area contributed by atoms with Gasteiger partial charge in [-0.1, -0.05) is 6.42 Å². The van der Waals surface area contributed by atoms with Gasteiger partial charge in [-0.2, -0.15) is 12.7 Å². The Bertz CT molecular complexity index is 407. The van der Waals surface area contributed by atoms with Crippen LogP contribution in [0.3, 0.4) is 0 Å². The molecule has 20 heavy (non-hydrogen) atoms. The molecule has 0 aromatic rings. The predicted molar refractivity (Wildman–Crippen MR) is 78.8 cm³/mol. The molecular formula is C13H27N3O3S. The highest BCUT2D eigenvalue weighted by atomic mass is 32.2. The summed E-state index contributed by atoms with van der Waals surface area (Å²) in [6.45, 7) is 4.46. The van der Waals surface area contributed by atoms with E-state index >= 15 is 0 Å². The van der Waals surface area contributed by atoms with Crippen LogP contribution in [0.1, 0.15) is 39.0 Å². The average molecular weight is 305 g/mol. The van der Waals surface area contributed by atoms with Crippen LogP contribution in [0.4, 0.5) is 0 Å². The van der Waals surface area contributed by atoms with Gasteiger partial charge in [0.2, 0.25) is 0 Å². The van der Waals surface area contributed by atoms with Gasteiger partial charge >= 0.3 is 0 Å². The molecule has 2 unspecified atom stereocenters. The molecule has 0 saturated carbocycles. The van der Waals surface area contributed by atoms with Crippen molar-refractivity contribution in [3.05, 3.63) is 0 Å². The molecule has 0 radical (unpaired) electrons. The second-order valence-electron chi connectivity index (χ2n) is 6.03. The molecule has 2 rings (SSSR count). The lowest BCUT2D eigenvalue weighted by atomic mass is 9.99. The van der Waals surface area contributed by atoms with E-state index in [1.807, 2.05) is 6.92 Å². The fourth-order valence-corrected chi connectivity index (χ4v) is 4.78. The predicted octanol–water partition coefficient (Wildman–Crippen LogP) is 0.464. The Labute approximate surface area is 122 Å². The first kappa shape index (κ1) is 16.2. The zero-order valence-electron chi connectivity index (χ0n) is 12.5. The zero-order valence-corrected chi connectivity index (χ0v) is 13.3. The first-order valence-corrected chi connectivity index (χ1v) is 8.93. The Kier molecular flexibility index (Phi) is 5.42.